The van der Waals surface area contributed by atoms with Crippen molar-refractivity contribution in [3.05, 3.63) is 18.0 Å². The molecule has 1 heterocycles. The molecule has 0 amide bonds. The van der Waals surface area contributed by atoms with Crippen molar-refractivity contribution in [1.29, 1.82) is 0 Å². The average molecular weight is 195 g/mol. The maximum atomic E-state index is 4.44. The number of aryl methyl sites for hydroxylation is 1. The summed E-state index contributed by atoms with van der Waals surface area (Å²) in [5.74, 6) is 0. The third kappa shape index (κ3) is 3.14. The molecule has 0 aliphatic rings. The minimum atomic E-state index is 0.496. The highest BCUT2D eigenvalue weighted by Gasteiger charge is 2.07. The average Bonchev–Trinajstić information content (AvgIpc) is 2.60. The highest BCUT2D eigenvalue weighted by molar-refractivity contribution is 4.96. The van der Waals surface area contributed by atoms with Gasteiger partial charge in [-0.15, -0.1) is 0 Å². The lowest BCUT2D eigenvalue weighted by Gasteiger charge is -2.16. The van der Waals surface area contributed by atoms with Crippen molar-refractivity contribution in [2.45, 2.75) is 39.7 Å². The van der Waals surface area contributed by atoms with Crippen LogP contribution in [0.3, 0.4) is 0 Å². The van der Waals surface area contributed by atoms with Crippen LogP contribution in [-0.2, 0) is 0 Å². The number of aromatic nitrogens is 2. The Bertz CT molecular complexity index is 255. The molecule has 1 N–H and O–H groups in total. The first-order valence-corrected chi connectivity index (χ1v) is 5.50. The van der Waals surface area contributed by atoms with Crippen molar-refractivity contribution in [3.63, 3.8) is 0 Å². The first-order chi connectivity index (χ1) is 6.77. The maximum Gasteiger partial charge on any atom is 0.0641 e. The van der Waals surface area contributed by atoms with Gasteiger partial charge in [-0.3, -0.25) is 4.68 Å². The Morgan fingerprint density at radius 1 is 1.50 bits per heavy atom. The summed E-state index contributed by atoms with van der Waals surface area (Å²) in [6, 6.07) is 2.55. The van der Waals surface area contributed by atoms with Gasteiger partial charge < -0.3 is 5.32 Å². The Balaban J connectivity index is 2.45. The van der Waals surface area contributed by atoms with Gasteiger partial charge in [-0.05, 0) is 32.4 Å². The third-order valence-corrected chi connectivity index (χ3v) is 2.39. The number of hydrogen-bond acceptors (Lipinski definition) is 2. The Labute approximate surface area is 86.5 Å². The van der Waals surface area contributed by atoms with E-state index in [1.54, 1.807) is 0 Å². The Kier molecular flexibility index (Phi) is 4.66. The second-order valence-electron chi connectivity index (χ2n) is 3.70. The fraction of sp³-hybridized carbons (Fsp3) is 0.727. The van der Waals surface area contributed by atoms with Gasteiger partial charge in [-0.2, -0.15) is 5.10 Å². The summed E-state index contributed by atoms with van der Waals surface area (Å²) in [5.41, 5.74) is 1.10. The van der Waals surface area contributed by atoms with E-state index in [0.717, 1.165) is 25.2 Å². The van der Waals surface area contributed by atoms with Crippen molar-refractivity contribution in [1.82, 2.24) is 15.1 Å². The molecule has 14 heavy (non-hydrogen) atoms. The summed E-state index contributed by atoms with van der Waals surface area (Å²) in [5, 5.41) is 7.87. The van der Waals surface area contributed by atoms with E-state index in [9.17, 15) is 0 Å². The molecule has 1 atom stereocenters. The smallest absolute Gasteiger partial charge is 0.0641 e. The molecule has 0 fully saturated rings. The molecule has 0 radical (unpaired) electrons. The highest BCUT2D eigenvalue weighted by atomic mass is 15.3. The first-order valence-electron chi connectivity index (χ1n) is 5.50. The van der Waals surface area contributed by atoms with Crippen LogP contribution in [0.2, 0.25) is 0 Å². The van der Waals surface area contributed by atoms with Crippen LogP contribution >= 0.6 is 0 Å². The third-order valence-electron chi connectivity index (χ3n) is 2.39. The molecule has 80 valence electrons. The van der Waals surface area contributed by atoms with Gasteiger partial charge >= 0.3 is 0 Å². The second-order valence-corrected chi connectivity index (χ2v) is 3.70. The Morgan fingerprint density at radius 2 is 2.29 bits per heavy atom. The van der Waals surface area contributed by atoms with Gasteiger partial charge in [-0.1, -0.05) is 13.8 Å². The fourth-order valence-electron chi connectivity index (χ4n) is 1.51. The van der Waals surface area contributed by atoms with E-state index in [0.29, 0.717) is 6.04 Å². The molecular weight excluding hydrogens is 174 g/mol. The monoisotopic (exact) mass is 195 g/mol. The van der Waals surface area contributed by atoms with Crippen LogP contribution in [-0.4, -0.2) is 22.9 Å². The van der Waals surface area contributed by atoms with Crippen molar-refractivity contribution in [2.75, 3.05) is 13.1 Å². The largest absolute Gasteiger partial charge is 0.315 e. The predicted octanol–water partition coefficient (Wildman–Crippen LogP) is 2.14. The van der Waals surface area contributed by atoms with Gasteiger partial charge in [0.1, 0.15) is 0 Å². The standard InChI is InChI=1S/C11H21N3/c1-4-7-12-9-11(5-2)14-8-6-10(3)13-14/h6,8,11-12H,4-5,7,9H2,1-3H3. The lowest BCUT2D eigenvalue weighted by molar-refractivity contribution is 0.411. The molecule has 0 aromatic carbocycles. The Morgan fingerprint density at radius 3 is 2.79 bits per heavy atom. The van der Waals surface area contributed by atoms with Crippen LogP contribution in [0.1, 0.15) is 38.4 Å². The molecule has 0 bridgehead atoms. The first kappa shape index (κ1) is 11.2. The van der Waals surface area contributed by atoms with Crippen molar-refractivity contribution in [3.8, 4) is 0 Å². The minimum Gasteiger partial charge on any atom is -0.315 e. The van der Waals surface area contributed by atoms with Gasteiger partial charge in [0.25, 0.3) is 0 Å². The summed E-state index contributed by atoms with van der Waals surface area (Å²) in [6.07, 6.45) is 4.38. The van der Waals surface area contributed by atoms with E-state index in [-0.39, 0.29) is 0 Å². The zero-order chi connectivity index (χ0) is 10.4. The van der Waals surface area contributed by atoms with Gasteiger partial charge in [0.05, 0.1) is 11.7 Å². The quantitative estimate of drug-likeness (QED) is 0.705. The van der Waals surface area contributed by atoms with Crippen LogP contribution in [0.4, 0.5) is 0 Å². The summed E-state index contributed by atoms with van der Waals surface area (Å²) in [7, 11) is 0. The van der Waals surface area contributed by atoms with Crippen LogP contribution in [0.5, 0.6) is 0 Å². The number of hydrogen-bond donors (Lipinski definition) is 1. The van der Waals surface area contributed by atoms with Gasteiger partial charge in [-0.25, -0.2) is 0 Å². The van der Waals surface area contributed by atoms with Gasteiger partial charge in [0, 0.05) is 12.7 Å². The molecule has 3 heteroatoms. The molecule has 1 aromatic heterocycles. The summed E-state index contributed by atoms with van der Waals surface area (Å²) < 4.78 is 2.07. The molecule has 0 saturated heterocycles. The highest BCUT2D eigenvalue weighted by Crippen LogP contribution is 2.09. The fourth-order valence-corrected chi connectivity index (χ4v) is 1.51. The molecule has 0 saturated carbocycles. The summed E-state index contributed by atoms with van der Waals surface area (Å²) in [6.45, 7) is 8.53. The maximum absolute atomic E-state index is 4.44. The van der Waals surface area contributed by atoms with E-state index in [4.69, 9.17) is 0 Å². The van der Waals surface area contributed by atoms with Gasteiger partial charge in [0.2, 0.25) is 0 Å². The summed E-state index contributed by atoms with van der Waals surface area (Å²) >= 11 is 0. The van der Waals surface area contributed by atoms with Crippen molar-refractivity contribution in [2.24, 2.45) is 0 Å². The van der Waals surface area contributed by atoms with Crippen LogP contribution in [0.25, 0.3) is 0 Å². The van der Waals surface area contributed by atoms with E-state index in [2.05, 4.69) is 41.2 Å². The van der Waals surface area contributed by atoms with Crippen LogP contribution < -0.4 is 5.32 Å². The second kappa shape index (κ2) is 5.81. The zero-order valence-electron chi connectivity index (χ0n) is 9.45. The predicted molar refractivity (Wildman–Crippen MR) is 59.5 cm³/mol. The number of nitrogens with one attached hydrogen (secondary N) is 1. The van der Waals surface area contributed by atoms with Crippen molar-refractivity contribution < 1.29 is 0 Å². The number of nitrogens with zero attached hydrogens (tertiary/aromatic N) is 2. The molecule has 0 aliphatic carbocycles. The van der Waals surface area contributed by atoms with Crippen molar-refractivity contribution >= 4 is 0 Å². The lowest BCUT2D eigenvalue weighted by Crippen LogP contribution is -2.26. The SMILES string of the molecule is CCCNCC(CC)n1ccc(C)n1. The minimum absolute atomic E-state index is 0.496. The molecule has 1 rings (SSSR count). The van der Waals surface area contributed by atoms with E-state index in [1.807, 2.05) is 6.92 Å². The zero-order valence-corrected chi connectivity index (χ0v) is 9.45. The van der Waals surface area contributed by atoms with E-state index >= 15 is 0 Å². The van der Waals surface area contributed by atoms with Gasteiger partial charge in [0.15, 0.2) is 0 Å². The molecular formula is C11H21N3. The van der Waals surface area contributed by atoms with Crippen LogP contribution in [0, 0.1) is 6.92 Å². The lowest BCUT2D eigenvalue weighted by atomic mass is 10.2. The summed E-state index contributed by atoms with van der Waals surface area (Å²) in [4.78, 5) is 0. The topological polar surface area (TPSA) is 29.9 Å². The molecule has 1 aromatic rings. The molecule has 1 unspecified atom stereocenters. The Hall–Kier alpha value is -0.830. The number of rotatable bonds is 6. The van der Waals surface area contributed by atoms with E-state index in [1.165, 1.54) is 6.42 Å². The molecule has 3 nitrogen and oxygen atoms in total. The molecule has 0 aliphatic heterocycles. The van der Waals surface area contributed by atoms with Crippen LogP contribution in [0.15, 0.2) is 12.3 Å². The normalized spacial score (nSPS) is 13.1. The molecule has 0 spiro atoms. The van der Waals surface area contributed by atoms with E-state index < -0.39 is 0 Å².